The summed E-state index contributed by atoms with van der Waals surface area (Å²) in [6.07, 6.45) is 5.74. The van der Waals surface area contributed by atoms with Gasteiger partial charge in [-0.3, -0.25) is 4.79 Å². The molecule has 6 atom stereocenters. The van der Waals surface area contributed by atoms with Gasteiger partial charge in [0.25, 0.3) is 0 Å². The summed E-state index contributed by atoms with van der Waals surface area (Å²) in [7, 11) is 0. The van der Waals surface area contributed by atoms with E-state index in [0.717, 1.165) is 31.0 Å². The molecule has 0 aromatic heterocycles. The number of carbonyl (C=O) groups excluding carboxylic acids is 2. The van der Waals surface area contributed by atoms with Gasteiger partial charge in [-0.25, -0.2) is 0 Å². The van der Waals surface area contributed by atoms with Crippen molar-refractivity contribution in [1.29, 1.82) is 0 Å². The fourth-order valence-electron chi connectivity index (χ4n) is 4.76. The predicted octanol–water partition coefficient (Wildman–Crippen LogP) is 1.44. The van der Waals surface area contributed by atoms with E-state index in [4.69, 9.17) is 0 Å². The lowest BCUT2D eigenvalue weighted by molar-refractivity contribution is -0.132. The molecular formula is C12H14O2. The van der Waals surface area contributed by atoms with Crippen molar-refractivity contribution < 1.29 is 9.59 Å². The third-order valence-corrected chi connectivity index (χ3v) is 5.55. The zero-order valence-electron chi connectivity index (χ0n) is 8.11. The minimum Gasteiger partial charge on any atom is -0.303 e. The number of aldehydes is 1. The highest BCUT2D eigenvalue weighted by Crippen LogP contribution is 2.89. The molecule has 2 nitrogen and oxygen atoms in total. The molecule has 0 radical (unpaired) electrons. The average molecular weight is 190 g/mol. The summed E-state index contributed by atoms with van der Waals surface area (Å²) < 4.78 is 0. The molecule has 0 aliphatic heterocycles. The van der Waals surface area contributed by atoms with Crippen molar-refractivity contribution in [1.82, 2.24) is 0 Å². The van der Waals surface area contributed by atoms with E-state index in [1.165, 1.54) is 12.8 Å². The Morgan fingerprint density at radius 1 is 1.29 bits per heavy atom. The zero-order valence-corrected chi connectivity index (χ0v) is 8.11. The maximum atomic E-state index is 12.0. The van der Waals surface area contributed by atoms with Gasteiger partial charge in [-0.1, -0.05) is 0 Å². The maximum absolute atomic E-state index is 12.0. The minimum absolute atomic E-state index is 0.229. The van der Waals surface area contributed by atoms with Gasteiger partial charge in [0.1, 0.15) is 12.1 Å². The summed E-state index contributed by atoms with van der Waals surface area (Å²) in [5.74, 6) is 2.41. The van der Waals surface area contributed by atoms with Crippen LogP contribution < -0.4 is 0 Å². The lowest BCUT2D eigenvalue weighted by atomic mass is 9.78. The molecule has 74 valence electrons. The number of ketones is 1. The molecule has 4 saturated carbocycles. The number of Topliss-reactive ketones (excluding diaryl/α,β-unsaturated/α-hetero) is 1. The molecule has 1 spiro atoms. The second-order valence-electron chi connectivity index (χ2n) is 5.66. The molecule has 0 heterocycles. The lowest BCUT2D eigenvalue weighted by Crippen LogP contribution is -2.31. The molecule has 0 aromatic carbocycles. The summed E-state index contributed by atoms with van der Waals surface area (Å²) in [5, 5.41) is 0. The molecule has 4 aliphatic carbocycles. The van der Waals surface area contributed by atoms with Crippen molar-refractivity contribution in [2.75, 3.05) is 0 Å². The van der Waals surface area contributed by atoms with Crippen LogP contribution in [0.3, 0.4) is 0 Å². The number of hydrogen-bond acceptors (Lipinski definition) is 2. The standard InChI is InChI=1S/C12H14O2/c13-5-7-6-1-2-8-9-10(11(7)14)12(8,9)4-3-6/h5-10H,1-4H2. The van der Waals surface area contributed by atoms with E-state index in [0.29, 0.717) is 23.0 Å². The predicted molar refractivity (Wildman–Crippen MR) is 49.4 cm³/mol. The van der Waals surface area contributed by atoms with E-state index < -0.39 is 0 Å². The van der Waals surface area contributed by atoms with Crippen molar-refractivity contribution >= 4 is 12.1 Å². The van der Waals surface area contributed by atoms with Crippen LogP contribution in [-0.4, -0.2) is 12.1 Å². The Labute approximate surface area is 83.1 Å². The first-order chi connectivity index (χ1) is 6.80. The Morgan fingerprint density at radius 3 is 2.93 bits per heavy atom. The molecule has 0 saturated heterocycles. The third-order valence-electron chi connectivity index (χ3n) is 5.55. The molecule has 0 N–H and O–H groups in total. The summed E-state index contributed by atoms with van der Waals surface area (Å²) in [4.78, 5) is 23.0. The van der Waals surface area contributed by atoms with Gasteiger partial charge in [-0.05, 0) is 48.9 Å². The van der Waals surface area contributed by atoms with E-state index in [9.17, 15) is 9.59 Å². The molecule has 0 aromatic rings. The Bertz CT molecular complexity index is 348. The minimum atomic E-state index is -0.229. The van der Waals surface area contributed by atoms with Crippen molar-refractivity contribution in [2.24, 2.45) is 35.0 Å². The second-order valence-corrected chi connectivity index (χ2v) is 5.66. The van der Waals surface area contributed by atoms with Gasteiger partial charge in [0.2, 0.25) is 0 Å². The monoisotopic (exact) mass is 190 g/mol. The fraction of sp³-hybridized carbons (Fsp3) is 0.833. The van der Waals surface area contributed by atoms with E-state index in [1.807, 2.05) is 0 Å². The van der Waals surface area contributed by atoms with Crippen LogP contribution in [0.1, 0.15) is 25.7 Å². The van der Waals surface area contributed by atoms with Crippen LogP contribution in [0.5, 0.6) is 0 Å². The van der Waals surface area contributed by atoms with E-state index in [-0.39, 0.29) is 5.92 Å². The molecule has 0 amide bonds. The van der Waals surface area contributed by atoms with Crippen molar-refractivity contribution in [3.05, 3.63) is 0 Å². The molecule has 4 rings (SSSR count). The van der Waals surface area contributed by atoms with Gasteiger partial charge in [0.05, 0.1) is 5.92 Å². The van der Waals surface area contributed by atoms with Crippen molar-refractivity contribution in [3.63, 3.8) is 0 Å². The number of fused-ring (bicyclic) bond motifs is 4. The van der Waals surface area contributed by atoms with Crippen LogP contribution in [0, 0.1) is 35.0 Å². The van der Waals surface area contributed by atoms with E-state index >= 15 is 0 Å². The second kappa shape index (κ2) is 1.98. The van der Waals surface area contributed by atoms with Crippen LogP contribution in [0.4, 0.5) is 0 Å². The third kappa shape index (κ3) is 0.565. The SMILES string of the molecule is O=CC1C(=O)C2C3C4CCC1CCC423. The van der Waals surface area contributed by atoms with E-state index in [2.05, 4.69) is 0 Å². The van der Waals surface area contributed by atoms with E-state index in [1.54, 1.807) is 0 Å². The number of rotatable bonds is 1. The Morgan fingerprint density at radius 2 is 2.14 bits per heavy atom. The fourth-order valence-corrected chi connectivity index (χ4v) is 4.76. The van der Waals surface area contributed by atoms with Crippen LogP contribution in [-0.2, 0) is 9.59 Å². The van der Waals surface area contributed by atoms with Gasteiger partial charge < -0.3 is 4.79 Å². The molecule has 14 heavy (non-hydrogen) atoms. The first kappa shape index (κ1) is 7.61. The van der Waals surface area contributed by atoms with Crippen LogP contribution in [0.2, 0.25) is 0 Å². The smallest absolute Gasteiger partial charge is 0.147 e. The molecule has 2 heteroatoms. The number of hydrogen-bond donors (Lipinski definition) is 0. The first-order valence-electron chi connectivity index (χ1n) is 5.79. The Balaban J connectivity index is 1.79. The Kier molecular flexibility index (Phi) is 1.07. The quantitative estimate of drug-likeness (QED) is 0.463. The van der Waals surface area contributed by atoms with Crippen LogP contribution in [0.25, 0.3) is 0 Å². The van der Waals surface area contributed by atoms with Crippen molar-refractivity contribution in [2.45, 2.75) is 25.7 Å². The molecule has 6 unspecified atom stereocenters. The molecule has 2 bridgehead atoms. The maximum Gasteiger partial charge on any atom is 0.147 e. The normalized spacial score (nSPS) is 62.6. The van der Waals surface area contributed by atoms with Gasteiger partial charge >= 0.3 is 0 Å². The topological polar surface area (TPSA) is 34.1 Å². The summed E-state index contributed by atoms with van der Waals surface area (Å²) in [6.45, 7) is 0. The van der Waals surface area contributed by atoms with Crippen LogP contribution >= 0.6 is 0 Å². The van der Waals surface area contributed by atoms with Crippen LogP contribution in [0.15, 0.2) is 0 Å². The van der Waals surface area contributed by atoms with Gasteiger partial charge in [0.15, 0.2) is 0 Å². The highest BCUT2D eigenvalue weighted by Gasteiger charge is 2.88. The van der Waals surface area contributed by atoms with Crippen molar-refractivity contribution in [3.8, 4) is 0 Å². The Hall–Kier alpha value is -0.660. The summed E-state index contributed by atoms with van der Waals surface area (Å²) >= 11 is 0. The lowest BCUT2D eigenvalue weighted by Gasteiger charge is -2.24. The highest BCUT2D eigenvalue weighted by atomic mass is 16.1. The number of carbonyl (C=O) groups is 2. The average Bonchev–Trinajstić information content (AvgIpc) is 2.95. The molecular weight excluding hydrogens is 176 g/mol. The van der Waals surface area contributed by atoms with Gasteiger partial charge in [-0.2, -0.15) is 0 Å². The summed E-state index contributed by atoms with van der Waals surface area (Å²) in [5.41, 5.74) is 0.448. The molecule has 4 fully saturated rings. The largest absolute Gasteiger partial charge is 0.303 e. The highest BCUT2D eigenvalue weighted by molar-refractivity contribution is 5.99. The summed E-state index contributed by atoms with van der Waals surface area (Å²) in [6, 6.07) is 0. The first-order valence-corrected chi connectivity index (χ1v) is 5.79. The molecule has 4 aliphatic rings. The van der Waals surface area contributed by atoms with Gasteiger partial charge in [-0.15, -0.1) is 0 Å². The van der Waals surface area contributed by atoms with Gasteiger partial charge in [0, 0.05) is 5.92 Å². The zero-order chi connectivity index (χ0) is 9.50.